The zero-order valence-electron chi connectivity index (χ0n) is 10.9. The van der Waals surface area contributed by atoms with Gasteiger partial charge in [-0.2, -0.15) is 5.10 Å². The number of hydrogen-bond donors (Lipinski definition) is 1. The maximum absolute atomic E-state index is 11.9. The van der Waals surface area contributed by atoms with Gasteiger partial charge in [0, 0.05) is 5.92 Å². The molecule has 0 atom stereocenters. The van der Waals surface area contributed by atoms with E-state index in [1.54, 1.807) is 0 Å². The molecule has 0 spiro atoms. The molecule has 1 aromatic rings. The molecule has 3 nitrogen and oxygen atoms in total. The minimum atomic E-state index is 0.0741. The first-order valence-corrected chi connectivity index (χ1v) is 6.67. The van der Waals surface area contributed by atoms with Crippen LogP contribution in [-0.4, -0.2) is 11.6 Å². The van der Waals surface area contributed by atoms with Crippen molar-refractivity contribution in [1.29, 1.82) is 0 Å². The fourth-order valence-corrected chi connectivity index (χ4v) is 2.34. The lowest BCUT2D eigenvalue weighted by atomic mass is 9.89. The summed E-state index contributed by atoms with van der Waals surface area (Å²) in [6.07, 6.45) is 5.60. The maximum Gasteiger partial charge on any atom is 0.243 e. The Kier molecular flexibility index (Phi) is 4.51. The van der Waals surface area contributed by atoms with Gasteiger partial charge in [0.25, 0.3) is 0 Å². The van der Waals surface area contributed by atoms with E-state index in [1.807, 2.05) is 37.3 Å². The van der Waals surface area contributed by atoms with Gasteiger partial charge in [-0.3, -0.25) is 4.79 Å². The van der Waals surface area contributed by atoms with Crippen LogP contribution in [0, 0.1) is 5.92 Å². The van der Waals surface area contributed by atoms with Crippen LogP contribution in [-0.2, 0) is 4.79 Å². The van der Waals surface area contributed by atoms with Crippen molar-refractivity contribution in [2.75, 3.05) is 0 Å². The smallest absolute Gasteiger partial charge is 0.243 e. The molecule has 3 heteroatoms. The van der Waals surface area contributed by atoms with Crippen molar-refractivity contribution in [3.8, 4) is 0 Å². The number of hydrazone groups is 1. The van der Waals surface area contributed by atoms with Crippen molar-refractivity contribution in [1.82, 2.24) is 5.43 Å². The van der Waals surface area contributed by atoms with E-state index in [2.05, 4.69) is 10.5 Å². The summed E-state index contributed by atoms with van der Waals surface area (Å²) >= 11 is 0. The highest BCUT2D eigenvalue weighted by Crippen LogP contribution is 2.23. The SMILES string of the molecule is CC(=NNC(=O)C1CCCCC1)c1ccccc1. The second-order valence-electron chi connectivity index (χ2n) is 4.87. The predicted octanol–water partition coefficient (Wildman–Crippen LogP) is 3.11. The van der Waals surface area contributed by atoms with E-state index in [4.69, 9.17) is 0 Å². The predicted molar refractivity (Wildman–Crippen MR) is 73.4 cm³/mol. The van der Waals surface area contributed by atoms with Crippen LogP contribution < -0.4 is 5.43 Å². The summed E-state index contributed by atoms with van der Waals surface area (Å²) in [5.74, 6) is 0.232. The fraction of sp³-hybridized carbons (Fsp3) is 0.467. The third-order valence-electron chi connectivity index (χ3n) is 3.50. The van der Waals surface area contributed by atoms with Gasteiger partial charge in [0.05, 0.1) is 5.71 Å². The Labute approximate surface area is 108 Å². The summed E-state index contributed by atoms with van der Waals surface area (Å²) < 4.78 is 0. The van der Waals surface area contributed by atoms with E-state index in [-0.39, 0.29) is 11.8 Å². The summed E-state index contributed by atoms with van der Waals surface area (Å²) in [4.78, 5) is 11.9. The van der Waals surface area contributed by atoms with Crippen molar-refractivity contribution < 1.29 is 4.79 Å². The number of amides is 1. The lowest BCUT2D eigenvalue weighted by Crippen LogP contribution is -2.29. The van der Waals surface area contributed by atoms with Crippen molar-refractivity contribution in [3.63, 3.8) is 0 Å². The Morgan fingerprint density at radius 2 is 1.83 bits per heavy atom. The standard InChI is InChI=1S/C15H20N2O/c1-12(13-8-4-2-5-9-13)16-17-15(18)14-10-6-3-7-11-14/h2,4-5,8-9,14H,3,6-7,10-11H2,1H3,(H,17,18). The third-order valence-corrected chi connectivity index (χ3v) is 3.50. The van der Waals surface area contributed by atoms with Crippen LogP contribution in [0.5, 0.6) is 0 Å². The first-order chi connectivity index (χ1) is 8.77. The van der Waals surface area contributed by atoms with Crippen LogP contribution in [0.15, 0.2) is 35.4 Å². The topological polar surface area (TPSA) is 41.5 Å². The number of carbonyl (C=O) groups is 1. The summed E-state index contributed by atoms with van der Waals surface area (Å²) in [7, 11) is 0. The van der Waals surface area contributed by atoms with Gasteiger partial charge in [0.1, 0.15) is 0 Å². The second-order valence-corrected chi connectivity index (χ2v) is 4.87. The minimum absolute atomic E-state index is 0.0741. The number of carbonyl (C=O) groups excluding carboxylic acids is 1. The van der Waals surface area contributed by atoms with E-state index in [0.29, 0.717) is 0 Å². The van der Waals surface area contributed by atoms with Crippen LogP contribution in [0.2, 0.25) is 0 Å². The van der Waals surface area contributed by atoms with E-state index in [9.17, 15) is 4.79 Å². The lowest BCUT2D eigenvalue weighted by molar-refractivity contribution is -0.125. The van der Waals surface area contributed by atoms with Crippen molar-refractivity contribution in [2.24, 2.45) is 11.0 Å². The number of nitrogens with zero attached hydrogens (tertiary/aromatic N) is 1. The Morgan fingerprint density at radius 3 is 2.50 bits per heavy atom. The summed E-state index contributed by atoms with van der Waals surface area (Å²) in [5, 5.41) is 4.19. The number of benzene rings is 1. The molecule has 0 bridgehead atoms. The average molecular weight is 244 g/mol. The molecular weight excluding hydrogens is 224 g/mol. The molecule has 1 amide bonds. The highest BCUT2D eigenvalue weighted by atomic mass is 16.2. The lowest BCUT2D eigenvalue weighted by Gasteiger charge is -2.19. The van der Waals surface area contributed by atoms with Gasteiger partial charge < -0.3 is 0 Å². The fourth-order valence-electron chi connectivity index (χ4n) is 2.34. The molecule has 0 radical (unpaired) electrons. The van der Waals surface area contributed by atoms with Gasteiger partial charge >= 0.3 is 0 Å². The molecule has 1 aliphatic carbocycles. The number of hydrogen-bond acceptors (Lipinski definition) is 2. The van der Waals surface area contributed by atoms with Crippen molar-refractivity contribution in [2.45, 2.75) is 39.0 Å². The normalized spacial score (nSPS) is 17.5. The Hall–Kier alpha value is -1.64. The molecule has 2 rings (SSSR count). The highest BCUT2D eigenvalue weighted by Gasteiger charge is 2.20. The Bertz CT molecular complexity index is 419. The molecule has 0 unspecified atom stereocenters. The van der Waals surface area contributed by atoms with E-state index in [0.717, 1.165) is 24.1 Å². The molecule has 1 saturated carbocycles. The molecule has 0 heterocycles. The Balaban J connectivity index is 1.91. The summed E-state index contributed by atoms with van der Waals surface area (Å²) in [5.41, 5.74) is 4.59. The molecule has 1 aromatic carbocycles. The zero-order chi connectivity index (χ0) is 12.8. The number of rotatable bonds is 3. The van der Waals surface area contributed by atoms with Gasteiger partial charge in [-0.05, 0) is 25.3 Å². The van der Waals surface area contributed by atoms with Crippen LogP contribution >= 0.6 is 0 Å². The first kappa shape index (κ1) is 12.8. The monoisotopic (exact) mass is 244 g/mol. The molecule has 1 N–H and O–H groups in total. The van der Waals surface area contributed by atoms with Gasteiger partial charge in [0.15, 0.2) is 0 Å². The average Bonchev–Trinajstić information content (AvgIpc) is 2.46. The van der Waals surface area contributed by atoms with Gasteiger partial charge in [-0.15, -0.1) is 0 Å². The molecule has 0 saturated heterocycles. The van der Waals surface area contributed by atoms with Gasteiger partial charge in [-0.1, -0.05) is 49.6 Å². The molecular formula is C15H20N2O. The summed E-state index contributed by atoms with van der Waals surface area (Å²) in [6, 6.07) is 9.89. The molecule has 0 aromatic heterocycles. The maximum atomic E-state index is 11.9. The third kappa shape index (κ3) is 3.42. The van der Waals surface area contributed by atoms with Crippen LogP contribution in [0.1, 0.15) is 44.6 Å². The molecule has 0 aliphatic heterocycles. The van der Waals surface area contributed by atoms with Crippen molar-refractivity contribution >= 4 is 11.6 Å². The van der Waals surface area contributed by atoms with E-state index in [1.165, 1.54) is 19.3 Å². The van der Waals surface area contributed by atoms with E-state index < -0.39 is 0 Å². The first-order valence-electron chi connectivity index (χ1n) is 6.67. The Morgan fingerprint density at radius 1 is 1.17 bits per heavy atom. The quantitative estimate of drug-likeness (QED) is 0.644. The van der Waals surface area contributed by atoms with Crippen LogP contribution in [0.25, 0.3) is 0 Å². The molecule has 96 valence electrons. The van der Waals surface area contributed by atoms with Crippen molar-refractivity contribution in [3.05, 3.63) is 35.9 Å². The van der Waals surface area contributed by atoms with Gasteiger partial charge in [-0.25, -0.2) is 5.43 Å². The van der Waals surface area contributed by atoms with Gasteiger partial charge in [0.2, 0.25) is 5.91 Å². The van der Waals surface area contributed by atoms with E-state index >= 15 is 0 Å². The second kappa shape index (κ2) is 6.34. The molecule has 1 aliphatic rings. The molecule has 1 fully saturated rings. The van der Waals surface area contributed by atoms with Crippen LogP contribution in [0.3, 0.4) is 0 Å². The molecule has 18 heavy (non-hydrogen) atoms. The minimum Gasteiger partial charge on any atom is -0.273 e. The zero-order valence-corrected chi connectivity index (χ0v) is 10.9. The highest BCUT2D eigenvalue weighted by molar-refractivity contribution is 5.99. The number of nitrogens with one attached hydrogen (secondary N) is 1. The largest absolute Gasteiger partial charge is 0.273 e. The summed E-state index contributed by atoms with van der Waals surface area (Å²) in [6.45, 7) is 1.91. The van der Waals surface area contributed by atoms with Crippen LogP contribution in [0.4, 0.5) is 0 Å².